The Kier molecular flexibility index (Phi) is 5.90. The maximum atomic E-state index is 10.9. The fraction of sp³-hybridized carbons (Fsp3) is 0.600. The summed E-state index contributed by atoms with van der Waals surface area (Å²) in [6.45, 7) is 4.59. The lowest BCUT2D eigenvalue weighted by atomic mass is 10.3. The summed E-state index contributed by atoms with van der Waals surface area (Å²) >= 11 is 0. The van der Waals surface area contributed by atoms with E-state index >= 15 is 0 Å². The lowest BCUT2D eigenvalue weighted by Gasteiger charge is -2.08. The topological polar surface area (TPSA) is 125 Å². The van der Waals surface area contributed by atoms with Crippen LogP contribution >= 0.6 is 0 Å². The van der Waals surface area contributed by atoms with Gasteiger partial charge in [0, 0.05) is 6.61 Å². The second-order valence-electron chi connectivity index (χ2n) is 3.65. The molecule has 0 aliphatic heterocycles. The molecule has 0 atom stereocenters. The van der Waals surface area contributed by atoms with Crippen molar-refractivity contribution in [1.29, 1.82) is 0 Å². The van der Waals surface area contributed by atoms with Crippen LogP contribution in [-0.4, -0.2) is 34.7 Å². The first-order valence-electron chi connectivity index (χ1n) is 5.80. The molecule has 0 aliphatic carbocycles. The first kappa shape index (κ1) is 15.1. The number of aryl methyl sites for hydroxylation is 1. The smallest absolute Gasteiger partial charge is 0.352 e. The van der Waals surface area contributed by atoms with Gasteiger partial charge < -0.3 is 9.47 Å². The molecule has 0 amide bonds. The van der Waals surface area contributed by atoms with Crippen molar-refractivity contribution in [2.24, 2.45) is 5.84 Å². The lowest BCUT2D eigenvalue weighted by molar-refractivity contribution is -0.387. The molecule has 0 unspecified atom stereocenters. The van der Waals surface area contributed by atoms with Gasteiger partial charge in [0.1, 0.15) is 12.3 Å². The second kappa shape index (κ2) is 7.44. The van der Waals surface area contributed by atoms with E-state index in [1.54, 1.807) is 0 Å². The van der Waals surface area contributed by atoms with Gasteiger partial charge in [-0.15, -0.1) is 0 Å². The lowest BCUT2D eigenvalue weighted by Crippen LogP contribution is -2.15. The van der Waals surface area contributed by atoms with E-state index in [4.69, 9.17) is 15.3 Å². The normalized spacial score (nSPS) is 10.3. The van der Waals surface area contributed by atoms with Crippen LogP contribution in [0.4, 0.5) is 11.6 Å². The van der Waals surface area contributed by atoms with Gasteiger partial charge in [-0.1, -0.05) is 6.92 Å². The molecule has 19 heavy (non-hydrogen) atoms. The Morgan fingerprint density at radius 1 is 1.37 bits per heavy atom. The van der Waals surface area contributed by atoms with Crippen LogP contribution in [-0.2, 0) is 4.74 Å². The maximum absolute atomic E-state index is 10.9. The quantitative estimate of drug-likeness (QED) is 0.307. The van der Waals surface area contributed by atoms with Crippen molar-refractivity contribution in [3.05, 3.63) is 15.8 Å². The van der Waals surface area contributed by atoms with Crippen LogP contribution in [0.15, 0.2) is 0 Å². The Labute approximate surface area is 110 Å². The summed E-state index contributed by atoms with van der Waals surface area (Å²) in [5.74, 6) is 5.13. The van der Waals surface area contributed by atoms with Crippen molar-refractivity contribution in [2.75, 3.05) is 25.2 Å². The summed E-state index contributed by atoms with van der Waals surface area (Å²) in [6.07, 6.45) is 0.897. The number of hydrazine groups is 1. The molecule has 0 aliphatic rings. The molecule has 0 aromatic carbocycles. The zero-order valence-corrected chi connectivity index (χ0v) is 10.9. The van der Waals surface area contributed by atoms with Gasteiger partial charge in [-0.3, -0.25) is 15.5 Å². The van der Waals surface area contributed by atoms with Crippen molar-refractivity contribution < 1.29 is 14.4 Å². The van der Waals surface area contributed by atoms with Gasteiger partial charge in [0.25, 0.3) is 5.88 Å². The Hall–Kier alpha value is -2.00. The fourth-order valence-electron chi connectivity index (χ4n) is 1.36. The third-order valence-corrected chi connectivity index (χ3v) is 2.15. The molecule has 106 valence electrons. The summed E-state index contributed by atoms with van der Waals surface area (Å²) in [5.41, 5.74) is 2.14. The monoisotopic (exact) mass is 271 g/mol. The third kappa shape index (κ3) is 4.30. The summed E-state index contributed by atoms with van der Waals surface area (Å²) in [6, 6.07) is 0. The van der Waals surface area contributed by atoms with E-state index in [1.165, 1.54) is 6.92 Å². The van der Waals surface area contributed by atoms with Crippen LogP contribution in [0.2, 0.25) is 0 Å². The first-order valence-corrected chi connectivity index (χ1v) is 5.80. The van der Waals surface area contributed by atoms with Gasteiger partial charge in [-0.25, -0.2) is 10.8 Å². The van der Waals surface area contributed by atoms with E-state index in [-0.39, 0.29) is 29.8 Å². The van der Waals surface area contributed by atoms with E-state index in [1.807, 2.05) is 6.92 Å². The molecule has 0 radical (unpaired) electrons. The molecule has 1 heterocycles. The fourth-order valence-corrected chi connectivity index (χ4v) is 1.36. The Balaban J connectivity index is 2.78. The largest absolute Gasteiger partial charge is 0.470 e. The highest BCUT2D eigenvalue weighted by molar-refractivity contribution is 5.48. The first-order chi connectivity index (χ1) is 9.10. The van der Waals surface area contributed by atoms with Crippen molar-refractivity contribution in [1.82, 2.24) is 9.97 Å². The van der Waals surface area contributed by atoms with Gasteiger partial charge in [-0.2, -0.15) is 4.98 Å². The second-order valence-corrected chi connectivity index (χ2v) is 3.65. The molecule has 1 aromatic rings. The summed E-state index contributed by atoms with van der Waals surface area (Å²) < 4.78 is 10.5. The Bertz CT molecular complexity index is 440. The van der Waals surface area contributed by atoms with Gasteiger partial charge in [-0.05, 0) is 13.3 Å². The number of rotatable bonds is 8. The molecule has 1 rings (SSSR count). The summed E-state index contributed by atoms with van der Waals surface area (Å²) in [7, 11) is 0. The van der Waals surface area contributed by atoms with Crippen molar-refractivity contribution in [3.63, 3.8) is 0 Å². The molecular formula is C10H17N5O4. The molecule has 0 spiro atoms. The maximum Gasteiger partial charge on any atom is 0.352 e. The average molecular weight is 271 g/mol. The number of ether oxygens (including phenoxy) is 2. The molecule has 1 aromatic heterocycles. The van der Waals surface area contributed by atoms with E-state index in [9.17, 15) is 10.1 Å². The van der Waals surface area contributed by atoms with E-state index in [2.05, 4.69) is 15.4 Å². The Morgan fingerprint density at radius 2 is 2.11 bits per heavy atom. The molecule has 0 saturated carbocycles. The van der Waals surface area contributed by atoms with Crippen LogP contribution in [0.5, 0.6) is 5.88 Å². The number of nitro groups is 1. The Morgan fingerprint density at radius 3 is 2.68 bits per heavy atom. The standard InChI is InChI=1S/C10H17N5O4/c1-3-4-18-5-6-19-9-8(15(16)17)7(2)12-10(13-9)14-11/h3-6,11H2,1-2H3,(H,12,13,14). The highest BCUT2D eigenvalue weighted by Crippen LogP contribution is 2.28. The van der Waals surface area contributed by atoms with E-state index in [0.717, 1.165) is 6.42 Å². The number of hydrogen-bond donors (Lipinski definition) is 2. The number of hydrogen-bond acceptors (Lipinski definition) is 8. The number of anilines is 1. The summed E-state index contributed by atoms with van der Waals surface area (Å²) in [5, 5.41) is 10.9. The van der Waals surface area contributed by atoms with Crippen LogP contribution in [0.25, 0.3) is 0 Å². The van der Waals surface area contributed by atoms with Gasteiger partial charge in [0.2, 0.25) is 5.95 Å². The van der Waals surface area contributed by atoms with Crippen LogP contribution in [0.3, 0.4) is 0 Å². The number of nitrogen functional groups attached to an aromatic ring is 1. The molecule has 9 nitrogen and oxygen atoms in total. The van der Waals surface area contributed by atoms with E-state index < -0.39 is 4.92 Å². The van der Waals surface area contributed by atoms with Gasteiger partial charge in [0.05, 0.1) is 11.5 Å². The van der Waals surface area contributed by atoms with Gasteiger partial charge in [0.15, 0.2) is 0 Å². The predicted molar refractivity (Wildman–Crippen MR) is 67.8 cm³/mol. The number of nitrogens with one attached hydrogen (secondary N) is 1. The van der Waals surface area contributed by atoms with Crippen LogP contribution < -0.4 is 16.0 Å². The minimum Gasteiger partial charge on any atom is -0.470 e. The van der Waals surface area contributed by atoms with Crippen molar-refractivity contribution in [2.45, 2.75) is 20.3 Å². The molecule has 0 saturated heterocycles. The van der Waals surface area contributed by atoms with E-state index in [0.29, 0.717) is 13.2 Å². The number of aromatic nitrogens is 2. The molecule has 0 bridgehead atoms. The van der Waals surface area contributed by atoms with Crippen molar-refractivity contribution in [3.8, 4) is 5.88 Å². The minimum absolute atomic E-state index is 0.0626. The zero-order chi connectivity index (χ0) is 14.3. The highest BCUT2D eigenvalue weighted by Gasteiger charge is 2.23. The number of nitrogens with zero attached hydrogens (tertiary/aromatic N) is 3. The molecule has 9 heteroatoms. The zero-order valence-electron chi connectivity index (χ0n) is 10.9. The molecular weight excluding hydrogens is 254 g/mol. The average Bonchev–Trinajstić information content (AvgIpc) is 2.37. The SMILES string of the molecule is CCCOCCOc1nc(NN)nc(C)c1[N+](=O)[O-]. The van der Waals surface area contributed by atoms with Crippen LogP contribution in [0.1, 0.15) is 19.0 Å². The minimum atomic E-state index is -0.585. The third-order valence-electron chi connectivity index (χ3n) is 2.15. The van der Waals surface area contributed by atoms with Crippen molar-refractivity contribution >= 4 is 11.6 Å². The highest BCUT2D eigenvalue weighted by atomic mass is 16.6. The van der Waals surface area contributed by atoms with Crippen LogP contribution in [0, 0.1) is 17.0 Å². The molecule has 3 N–H and O–H groups in total. The van der Waals surface area contributed by atoms with Gasteiger partial charge >= 0.3 is 5.69 Å². The molecule has 0 fully saturated rings. The number of nitrogens with two attached hydrogens (primary N) is 1. The predicted octanol–water partition coefficient (Wildman–Crippen LogP) is 0.784. The summed E-state index contributed by atoms with van der Waals surface area (Å²) in [4.78, 5) is 18.0.